The molecule has 12 nitrogen and oxygen atoms in total. The van der Waals surface area contributed by atoms with Gasteiger partial charge in [-0.2, -0.15) is 10.2 Å². The van der Waals surface area contributed by atoms with Gasteiger partial charge in [-0.1, -0.05) is 0 Å². The van der Waals surface area contributed by atoms with Crippen LogP contribution in [-0.4, -0.2) is 67.5 Å². The molecule has 40 heavy (non-hydrogen) atoms. The SMILES string of the molecule is C#Cc1nc(-c2ccnc(C3(C#N)CCN(C(=O)O)CC3)c2)cnc1N(C(=O)OC(C)(C)C)C(=O)OC(C)(C)C. The van der Waals surface area contributed by atoms with Crippen molar-refractivity contribution in [3.63, 3.8) is 0 Å². The molecule has 0 aliphatic carbocycles. The monoisotopic (exact) mass is 548 g/mol. The maximum atomic E-state index is 13.1. The summed E-state index contributed by atoms with van der Waals surface area (Å²) < 4.78 is 10.8. The fourth-order valence-corrected chi connectivity index (χ4v) is 4.00. The van der Waals surface area contributed by atoms with Crippen LogP contribution >= 0.6 is 0 Å². The van der Waals surface area contributed by atoms with Crippen molar-refractivity contribution in [2.75, 3.05) is 18.0 Å². The molecular formula is C28H32N6O6. The largest absolute Gasteiger partial charge is 0.465 e. The van der Waals surface area contributed by atoms with Crippen LogP contribution in [0.15, 0.2) is 24.5 Å². The Labute approximate surface area is 232 Å². The van der Waals surface area contributed by atoms with Crippen molar-refractivity contribution in [1.82, 2.24) is 19.9 Å². The van der Waals surface area contributed by atoms with E-state index in [-0.39, 0.29) is 37.4 Å². The van der Waals surface area contributed by atoms with Crippen molar-refractivity contribution in [3.05, 3.63) is 35.9 Å². The normalized spacial score (nSPS) is 14.8. The number of rotatable bonds is 3. The molecule has 12 heteroatoms. The lowest BCUT2D eigenvalue weighted by Gasteiger charge is -2.35. The summed E-state index contributed by atoms with van der Waals surface area (Å²) in [6.07, 6.45) is 6.06. The molecule has 1 fully saturated rings. The predicted octanol–water partition coefficient (Wildman–Crippen LogP) is 4.73. The molecule has 3 amide bonds. The maximum absolute atomic E-state index is 13.1. The Morgan fingerprint density at radius 3 is 2.12 bits per heavy atom. The van der Waals surface area contributed by atoms with Gasteiger partial charge in [0.25, 0.3) is 0 Å². The van der Waals surface area contributed by atoms with Crippen LogP contribution in [0.4, 0.5) is 20.2 Å². The number of imide groups is 1. The minimum atomic E-state index is -1.03. The highest BCUT2D eigenvalue weighted by Gasteiger charge is 2.39. The zero-order chi connectivity index (χ0) is 29.9. The van der Waals surface area contributed by atoms with Gasteiger partial charge < -0.3 is 19.5 Å². The lowest BCUT2D eigenvalue weighted by molar-refractivity contribution is 0.0428. The Bertz CT molecular complexity index is 1360. The van der Waals surface area contributed by atoms with E-state index in [0.29, 0.717) is 21.9 Å². The molecule has 1 N–H and O–H groups in total. The maximum Gasteiger partial charge on any atom is 0.425 e. The Hall–Kier alpha value is -4.71. The highest BCUT2D eigenvalue weighted by Crippen LogP contribution is 2.35. The molecule has 0 bridgehead atoms. The van der Waals surface area contributed by atoms with E-state index in [2.05, 4.69) is 26.9 Å². The van der Waals surface area contributed by atoms with Gasteiger partial charge >= 0.3 is 18.3 Å². The highest BCUT2D eigenvalue weighted by molar-refractivity contribution is 6.09. The van der Waals surface area contributed by atoms with E-state index in [1.807, 2.05) is 0 Å². The van der Waals surface area contributed by atoms with Gasteiger partial charge in [0.2, 0.25) is 0 Å². The van der Waals surface area contributed by atoms with Crippen molar-refractivity contribution in [2.45, 2.75) is 71.0 Å². The van der Waals surface area contributed by atoms with Gasteiger partial charge in [-0.15, -0.1) is 6.42 Å². The summed E-state index contributed by atoms with van der Waals surface area (Å²) in [5.74, 6) is 2.14. The smallest absolute Gasteiger partial charge is 0.425 e. The number of aromatic nitrogens is 3. The van der Waals surface area contributed by atoms with E-state index in [0.717, 1.165) is 0 Å². The van der Waals surface area contributed by atoms with Crippen LogP contribution in [-0.2, 0) is 14.9 Å². The minimum absolute atomic E-state index is 0.114. The third-order valence-corrected chi connectivity index (χ3v) is 5.90. The summed E-state index contributed by atoms with van der Waals surface area (Å²) in [7, 11) is 0. The zero-order valence-electron chi connectivity index (χ0n) is 23.4. The third kappa shape index (κ3) is 6.83. The first-order valence-corrected chi connectivity index (χ1v) is 12.5. The average Bonchev–Trinajstić information content (AvgIpc) is 2.87. The number of ether oxygens (including phenoxy) is 2. The number of likely N-dealkylation sites (tertiary alicyclic amines) is 1. The number of nitriles is 1. The molecule has 0 radical (unpaired) electrons. The van der Waals surface area contributed by atoms with Gasteiger partial charge in [0.1, 0.15) is 16.6 Å². The van der Waals surface area contributed by atoms with E-state index < -0.39 is 34.9 Å². The first-order chi connectivity index (χ1) is 18.6. The molecule has 2 aromatic heterocycles. The first kappa shape index (κ1) is 29.8. The number of terminal acetylenes is 1. The van der Waals surface area contributed by atoms with Gasteiger partial charge in [0.05, 0.1) is 23.7 Å². The number of amides is 3. The predicted molar refractivity (Wildman–Crippen MR) is 144 cm³/mol. The van der Waals surface area contributed by atoms with Crippen LogP contribution in [0.5, 0.6) is 0 Å². The summed E-state index contributed by atoms with van der Waals surface area (Å²) in [5.41, 5.74) is -1.62. The van der Waals surface area contributed by atoms with Crippen LogP contribution in [0.1, 0.15) is 65.8 Å². The lowest BCUT2D eigenvalue weighted by atomic mass is 9.76. The van der Waals surface area contributed by atoms with E-state index >= 15 is 0 Å². The summed E-state index contributed by atoms with van der Waals surface area (Å²) in [6.45, 7) is 10.3. The molecule has 1 aliphatic heterocycles. The molecule has 2 aromatic rings. The first-order valence-electron chi connectivity index (χ1n) is 12.5. The van der Waals surface area contributed by atoms with Crippen molar-refractivity contribution in [1.29, 1.82) is 5.26 Å². The number of piperidine rings is 1. The zero-order valence-corrected chi connectivity index (χ0v) is 23.4. The molecule has 0 aromatic carbocycles. The minimum Gasteiger partial charge on any atom is -0.465 e. The molecule has 0 unspecified atom stereocenters. The lowest BCUT2D eigenvalue weighted by Crippen LogP contribution is -2.44. The van der Waals surface area contributed by atoms with Crippen LogP contribution in [0.2, 0.25) is 0 Å². The number of hydrogen-bond acceptors (Lipinski definition) is 9. The van der Waals surface area contributed by atoms with Crippen LogP contribution in [0.3, 0.4) is 0 Å². The number of pyridine rings is 1. The summed E-state index contributed by atoms with van der Waals surface area (Å²) >= 11 is 0. The Morgan fingerprint density at radius 2 is 1.65 bits per heavy atom. The molecule has 0 spiro atoms. The second-order valence-electron chi connectivity index (χ2n) is 11.3. The van der Waals surface area contributed by atoms with Crippen LogP contribution in [0, 0.1) is 23.7 Å². The van der Waals surface area contributed by atoms with Crippen LogP contribution < -0.4 is 4.90 Å². The summed E-state index contributed by atoms with van der Waals surface area (Å²) in [4.78, 5) is 52.5. The van der Waals surface area contributed by atoms with Gasteiger partial charge in [-0.05, 0) is 72.4 Å². The second kappa shape index (κ2) is 11.2. The van der Waals surface area contributed by atoms with E-state index in [1.54, 1.807) is 53.7 Å². The number of carboxylic acid groups (broad SMARTS) is 1. The van der Waals surface area contributed by atoms with Gasteiger partial charge in [0, 0.05) is 24.8 Å². The van der Waals surface area contributed by atoms with Gasteiger partial charge in [-0.3, -0.25) is 4.98 Å². The van der Waals surface area contributed by atoms with Crippen LogP contribution in [0.25, 0.3) is 11.3 Å². The van der Waals surface area contributed by atoms with Gasteiger partial charge in [-0.25, -0.2) is 24.4 Å². The van der Waals surface area contributed by atoms with Crippen molar-refractivity contribution in [2.24, 2.45) is 0 Å². The standard InChI is InChI=1S/C28H32N6O6/c1-8-19-22(34(24(37)39-26(2,3)4)25(38)40-27(5,6)7)31-16-20(32-19)18-9-12-30-21(15-18)28(17-29)10-13-33(14-11-28)23(35)36/h1,9,12,15-16H,10-11,13-14H2,2-7H3,(H,35,36). The Balaban J connectivity index is 2.02. The van der Waals surface area contributed by atoms with Crippen molar-refractivity contribution in [3.8, 4) is 29.7 Å². The van der Waals surface area contributed by atoms with Gasteiger partial charge in [0.15, 0.2) is 11.5 Å². The van der Waals surface area contributed by atoms with Crippen molar-refractivity contribution >= 4 is 24.1 Å². The Kier molecular flexibility index (Phi) is 8.34. The molecule has 1 aliphatic rings. The number of nitrogens with zero attached hydrogens (tertiary/aromatic N) is 6. The number of carbonyl (C=O) groups is 3. The topological polar surface area (TPSA) is 159 Å². The molecular weight excluding hydrogens is 516 g/mol. The fourth-order valence-electron chi connectivity index (χ4n) is 4.00. The third-order valence-electron chi connectivity index (χ3n) is 5.90. The molecule has 0 atom stereocenters. The molecule has 1 saturated heterocycles. The van der Waals surface area contributed by atoms with E-state index in [4.69, 9.17) is 15.9 Å². The number of hydrogen-bond donors (Lipinski definition) is 1. The Morgan fingerprint density at radius 1 is 1.07 bits per heavy atom. The van der Waals surface area contributed by atoms with Crippen molar-refractivity contribution < 1.29 is 29.0 Å². The number of carbonyl (C=O) groups excluding carboxylic acids is 2. The number of anilines is 1. The summed E-state index contributed by atoms with van der Waals surface area (Å²) in [5, 5.41) is 19.3. The molecule has 3 rings (SSSR count). The second-order valence-corrected chi connectivity index (χ2v) is 11.3. The summed E-state index contributed by atoms with van der Waals surface area (Å²) in [6, 6.07) is 5.66. The highest BCUT2D eigenvalue weighted by atomic mass is 16.6. The van der Waals surface area contributed by atoms with E-state index in [9.17, 15) is 24.8 Å². The fraction of sp³-hybridized carbons (Fsp3) is 0.464. The average molecular weight is 549 g/mol. The molecule has 0 saturated carbocycles. The molecule has 3 heterocycles. The van der Waals surface area contributed by atoms with E-state index in [1.165, 1.54) is 17.3 Å². The molecule has 210 valence electrons. The quantitative estimate of drug-likeness (QED) is 0.531.